The second-order valence-electron chi connectivity index (χ2n) is 5.13. The van der Waals surface area contributed by atoms with Crippen LogP contribution < -0.4 is 0 Å². The molecule has 27 heavy (non-hydrogen) atoms. The number of esters is 2. The number of rotatable bonds is 11. The zero-order valence-electron chi connectivity index (χ0n) is 15.2. The maximum atomic E-state index is 11.7. The Morgan fingerprint density at radius 2 is 1.22 bits per heavy atom. The van der Waals surface area contributed by atoms with Crippen LogP contribution in [0.25, 0.3) is 0 Å². The van der Waals surface area contributed by atoms with Gasteiger partial charge in [-0.3, -0.25) is 14.4 Å². The van der Waals surface area contributed by atoms with Crippen LogP contribution in [0, 0.1) is 5.41 Å². The Labute approximate surface area is 177 Å². The molecule has 0 amide bonds. The molecule has 0 aliphatic carbocycles. The number of aliphatic carboxylic acids is 1. The van der Waals surface area contributed by atoms with Gasteiger partial charge in [0.2, 0.25) is 8.77 Å². The van der Waals surface area contributed by atoms with E-state index in [1.807, 2.05) is 0 Å². The number of carboxylic acids is 1. The molecule has 0 atom stereocenters. The van der Waals surface area contributed by atoms with Crippen molar-refractivity contribution in [2.75, 3.05) is 37.9 Å². The highest BCUT2D eigenvalue weighted by atomic mass is 32.2. The molecule has 0 aromatic rings. The van der Waals surface area contributed by atoms with Crippen molar-refractivity contribution in [3.05, 3.63) is 0 Å². The monoisotopic (exact) mass is 458 g/mol. The van der Waals surface area contributed by atoms with Crippen molar-refractivity contribution in [1.29, 1.82) is 0 Å². The summed E-state index contributed by atoms with van der Waals surface area (Å²) in [6.45, 7) is 4.68. The van der Waals surface area contributed by atoms with Gasteiger partial charge in [-0.2, -0.15) is 0 Å². The zero-order chi connectivity index (χ0) is 20.9. The van der Waals surface area contributed by atoms with E-state index < -0.39 is 36.5 Å². The van der Waals surface area contributed by atoms with Crippen molar-refractivity contribution in [2.45, 2.75) is 20.8 Å². The van der Waals surface area contributed by atoms with E-state index in [9.17, 15) is 19.5 Å². The molecule has 0 saturated carbocycles. The molecule has 0 heterocycles. The molecule has 1 N–H and O–H groups in total. The lowest BCUT2D eigenvalue weighted by atomic mass is 9.93. The summed E-state index contributed by atoms with van der Waals surface area (Å²) in [7, 11) is 0. The number of ether oxygens (including phenoxy) is 4. The van der Waals surface area contributed by atoms with Crippen molar-refractivity contribution >= 4 is 74.6 Å². The third kappa shape index (κ3) is 12.1. The van der Waals surface area contributed by atoms with Crippen LogP contribution in [0.2, 0.25) is 0 Å². The van der Waals surface area contributed by atoms with E-state index in [4.69, 9.17) is 43.4 Å². The molecule has 0 spiro atoms. The number of carboxylic acid groups (broad SMARTS) is 1. The van der Waals surface area contributed by atoms with E-state index in [2.05, 4.69) is 0 Å². The Bertz CT molecular complexity index is 514. The molecule has 0 fully saturated rings. The van der Waals surface area contributed by atoms with Crippen LogP contribution in [-0.2, 0) is 33.3 Å². The smallest absolute Gasteiger partial charge is 0.316 e. The Balaban J connectivity index is 4.39. The van der Waals surface area contributed by atoms with Gasteiger partial charge in [-0.1, -0.05) is 23.5 Å². The Morgan fingerprint density at radius 1 is 0.852 bits per heavy atom. The highest BCUT2D eigenvalue weighted by Crippen LogP contribution is 2.19. The molecule has 0 unspecified atom stereocenters. The normalized spacial score (nSPS) is 10.6. The molecule has 154 valence electrons. The summed E-state index contributed by atoms with van der Waals surface area (Å²) < 4.78 is 20.4. The lowest BCUT2D eigenvalue weighted by molar-refractivity contribution is -0.164. The summed E-state index contributed by atoms with van der Waals surface area (Å²) >= 11 is 11.7. The van der Waals surface area contributed by atoms with E-state index in [1.165, 1.54) is 6.92 Å². The maximum Gasteiger partial charge on any atom is 0.316 e. The first-order valence-electron chi connectivity index (χ1n) is 7.78. The van der Waals surface area contributed by atoms with Crippen molar-refractivity contribution < 1.29 is 38.4 Å². The summed E-state index contributed by atoms with van der Waals surface area (Å²) in [5.41, 5.74) is -1.58. The van der Waals surface area contributed by atoms with Gasteiger partial charge in [0.25, 0.3) is 0 Å². The summed E-state index contributed by atoms with van der Waals surface area (Å²) in [6.07, 6.45) is 0. The number of hydrogen-bond acceptors (Lipinski definition) is 11. The second-order valence-corrected chi connectivity index (χ2v) is 8.29. The SMILES string of the molecule is CCOC(=S)SCC(=O)OCC(C)(COC(=O)CSC(=S)OCC)C(=O)O. The molecule has 12 heteroatoms. The number of carbonyl (C=O) groups excluding carboxylic acids is 2. The van der Waals surface area contributed by atoms with Crippen LogP contribution >= 0.6 is 48.0 Å². The fraction of sp³-hybridized carbons (Fsp3) is 0.667. The molecule has 0 rings (SSSR count). The Morgan fingerprint density at radius 3 is 1.52 bits per heavy atom. The topological polar surface area (TPSA) is 108 Å². The average Bonchev–Trinajstić information content (AvgIpc) is 2.61. The molecule has 0 aromatic heterocycles. The quantitative estimate of drug-likeness (QED) is 0.362. The van der Waals surface area contributed by atoms with Crippen molar-refractivity contribution in [1.82, 2.24) is 0 Å². The lowest BCUT2D eigenvalue weighted by Gasteiger charge is -2.23. The molecule has 0 aliphatic rings. The van der Waals surface area contributed by atoms with E-state index in [1.54, 1.807) is 13.8 Å². The van der Waals surface area contributed by atoms with Gasteiger partial charge < -0.3 is 24.1 Å². The minimum Gasteiger partial charge on any atom is -0.481 e. The minimum absolute atomic E-state index is 0.111. The number of thiocarbonyl (C=S) groups is 2. The van der Waals surface area contributed by atoms with Crippen molar-refractivity contribution in [3.63, 3.8) is 0 Å². The molecular weight excluding hydrogens is 436 g/mol. The molecular formula is C15H22O8S4. The standard InChI is InChI=1S/C15H22O8S4/c1-4-20-13(24)26-6-10(16)22-8-15(3,12(18)19)9-23-11(17)7-27-14(25)21-5-2/h4-9H2,1-3H3,(H,18,19). The molecule has 8 nitrogen and oxygen atoms in total. The predicted octanol–water partition coefficient (Wildman–Crippen LogP) is 2.27. The van der Waals surface area contributed by atoms with Gasteiger partial charge in [0.05, 0.1) is 24.7 Å². The van der Waals surface area contributed by atoms with E-state index in [0.717, 1.165) is 23.5 Å². The predicted molar refractivity (Wildman–Crippen MR) is 111 cm³/mol. The van der Waals surface area contributed by atoms with Crippen LogP contribution in [0.5, 0.6) is 0 Å². The second kappa shape index (κ2) is 14.0. The highest BCUT2D eigenvalue weighted by molar-refractivity contribution is 8.23. The fourth-order valence-corrected chi connectivity index (χ4v) is 2.91. The molecule has 0 bridgehead atoms. The van der Waals surface area contributed by atoms with Crippen LogP contribution in [0.15, 0.2) is 0 Å². The summed E-state index contributed by atoms with van der Waals surface area (Å²) in [5, 5.41) is 9.36. The third-order valence-electron chi connectivity index (χ3n) is 2.76. The van der Waals surface area contributed by atoms with Crippen molar-refractivity contribution in [3.8, 4) is 0 Å². The van der Waals surface area contributed by atoms with Gasteiger partial charge in [-0.05, 0) is 45.2 Å². The van der Waals surface area contributed by atoms with Crippen LogP contribution in [0.4, 0.5) is 0 Å². The van der Waals surface area contributed by atoms with E-state index in [-0.39, 0.29) is 20.3 Å². The van der Waals surface area contributed by atoms with Crippen LogP contribution in [0.1, 0.15) is 20.8 Å². The number of thioether (sulfide) groups is 2. The number of hydrogen-bond donors (Lipinski definition) is 1. The minimum atomic E-state index is -1.58. The summed E-state index contributed by atoms with van der Waals surface area (Å²) in [6, 6.07) is 0. The van der Waals surface area contributed by atoms with E-state index >= 15 is 0 Å². The summed E-state index contributed by atoms with van der Waals surface area (Å²) in [4.78, 5) is 34.9. The first-order valence-corrected chi connectivity index (χ1v) is 10.6. The molecule has 0 aromatic carbocycles. The Kier molecular flexibility index (Phi) is 13.4. The van der Waals surface area contributed by atoms with Crippen molar-refractivity contribution in [2.24, 2.45) is 5.41 Å². The molecule has 0 aliphatic heterocycles. The fourth-order valence-electron chi connectivity index (χ4n) is 1.28. The Hall–Kier alpha value is -1.11. The van der Waals surface area contributed by atoms with Crippen LogP contribution in [-0.4, -0.2) is 69.7 Å². The molecule has 0 radical (unpaired) electrons. The van der Waals surface area contributed by atoms with Gasteiger partial charge in [0, 0.05) is 0 Å². The summed E-state index contributed by atoms with van der Waals surface area (Å²) in [5.74, 6) is -2.80. The molecule has 0 saturated heterocycles. The highest BCUT2D eigenvalue weighted by Gasteiger charge is 2.37. The number of carbonyl (C=O) groups is 3. The van der Waals surface area contributed by atoms with Crippen LogP contribution in [0.3, 0.4) is 0 Å². The van der Waals surface area contributed by atoms with Gasteiger partial charge in [0.15, 0.2) is 0 Å². The maximum absolute atomic E-state index is 11.7. The largest absolute Gasteiger partial charge is 0.481 e. The first kappa shape index (κ1) is 25.9. The van der Waals surface area contributed by atoms with Gasteiger partial charge in [-0.25, -0.2) is 0 Å². The average molecular weight is 459 g/mol. The first-order chi connectivity index (χ1) is 12.6. The van der Waals surface area contributed by atoms with Gasteiger partial charge >= 0.3 is 17.9 Å². The van der Waals surface area contributed by atoms with Gasteiger partial charge in [-0.15, -0.1) is 0 Å². The lowest BCUT2D eigenvalue weighted by Crippen LogP contribution is -2.39. The van der Waals surface area contributed by atoms with Gasteiger partial charge in [0.1, 0.15) is 18.6 Å². The zero-order valence-corrected chi connectivity index (χ0v) is 18.4. The third-order valence-corrected chi connectivity index (χ3v) is 5.17. The van der Waals surface area contributed by atoms with E-state index in [0.29, 0.717) is 13.2 Å².